The van der Waals surface area contributed by atoms with Crippen molar-refractivity contribution in [2.24, 2.45) is 5.92 Å². The van der Waals surface area contributed by atoms with Gasteiger partial charge in [-0.15, -0.1) is 11.3 Å². The molecular weight excluding hydrogens is 418 g/mol. The third-order valence-electron chi connectivity index (χ3n) is 6.36. The SMILES string of the molecule is O=C(NCc1cccc(CN2CCOCC2)c1)C1CC=CCC1c1nc2ccccc2s1. The molecule has 0 spiro atoms. The third kappa shape index (κ3) is 4.93. The van der Waals surface area contributed by atoms with Gasteiger partial charge in [0.15, 0.2) is 0 Å². The van der Waals surface area contributed by atoms with Gasteiger partial charge in [0.05, 0.1) is 34.4 Å². The van der Waals surface area contributed by atoms with E-state index in [1.807, 2.05) is 18.2 Å². The predicted molar refractivity (Wildman–Crippen MR) is 129 cm³/mol. The van der Waals surface area contributed by atoms with Crippen LogP contribution in [0.15, 0.2) is 60.7 Å². The quantitative estimate of drug-likeness (QED) is 0.566. The number of fused-ring (bicyclic) bond motifs is 1. The Morgan fingerprint density at radius 2 is 1.88 bits per heavy atom. The molecular formula is C26H29N3O2S. The lowest BCUT2D eigenvalue weighted by molar-refractivity contribution is -0.125. The van der Waals surface area contributed by atoms with Crippen LogP contribution in [0.5, 0.6) is 0 Å². The summed E-state index contributed by atoms with van der Waals surface area (Å²) in [5, 5.41) is 4.28. The zero-order valence-corrected chi connectivity index (χ0v) is 19.0. The molecule has 2 unspecified atom stereocenters. The lowest BCUT2D eigenvalue weighted by Crippen LogP contribution is -2.35. The number of nitrogens with zero attached hydrogens (tertiary/aromatic N) is 2. The lowest BCUT2D eigenvalue weighted by Gasteiger charge is -2.27. The van der Waals surface area contributed by atoms with Gasteiger partial charge in [0.1, 0.15) is 0 Å². The van der Waals surface area contributed by atoms with E-state index < -0.39 is 0 Å². The summed E-state index contributed by atoms with van der Waals surface area (Å²) in [5.74, 6) is 0.194. The fraction of sp³-hybridized carbons (Fsp3) is 0.385. The number of carbonyl (C=O) groups excluding carboxylic acids is 1. The van der Waals surface area contributed by atoms with Crippen molar-refractivity contribution in [1.82, 2.24) is 15.2 Å². The van der Waals surface area contributed by atoms with Gasteiger partial charge >= 0.3 is 0 Å². The van der Waals surface area contributed by atoms with Gasteiger partial charge in [0, 0.05) is 32.1 Å². The number of morpholine rings is 1. The van der Waals surface area contributed by atoms with E-state index in [-0.39, 0.29) is 17.7 Å². The van der Waals surface area contributed by atoms with E-state index in [0.717, 1.165) is 61.8 Å². The number of hydrogen-bond donors (Lipinski definition) is 1. The van der Waals surface area contributed by atoms with Crippen molar-refractivity contribution in [2.75, 3.05) is 26.3 Å². The zero-order chi connectivity index (χ0) is 21.8. The second-order valence-electron chi connectivity index (χ2n) is 8.60. The monoisotopic (exact) mass is 447 g/mol. The number of aromatic nitrogens is 1. The standard InChI is InChI=1S/C26H29N3O2S/c30-25(27-17-19-6-5-7-20(16-19)18-29-12-14-31-15-13-29)21-8-1-2-9-22(21)26-28-23-10-3-4-11-24(23)32-26/h1-7,10-11,16,21-22H,8-9,12-15,17-18H2,(H,27,30). The molecule has 0 bridgehead atoms. The van der Waals surface area contributed by atoms with Gasteiger partial charge in [-0.2, -0.15) is 0 Å². The smallest absolute Gasteiger partial charge is 0.224 e. The number of amides is 1. The molecule has 2 aliphatic rings. The van der Waals surface area contributed by atoms with Gasteiger partial charge in [-0.25, -0.2) is 4.98 Å². The summed E-state index contributed by atoms with van der Waals surface area (Å²) < 4.78 is 6.63. The Morgan fingerprint density at radius 1 is 1.06 bits per heavy atom. The maximum Gasteiger partial charge on any atom is 0.224 e. The van der Waals surface area contributed by atoms with Crippen LogP contribution in [-0.2, 0) is 22.6 Å². The fourth-order valence-electron chi connectivity index (χ4n) is 4.60. The number of ether oxygens (including phenoxy) is 1. The Kier molecular flexibility index (Phi) is 6.62. The Balaban J connectivity index is 1.23. The number of benzene rings is 2. The van der Waals surface area contributed by atoms with E-state index in [1.165, 1.54) is 10.3 Å². The number of allylic oxidation sites excluding steroid dienone is 2. The normalized spacial score (nSPS) is 21.6. The minimum Gasteiger partial charge on any atom is -0.379 e. The van der Waals surface area contributed by atoms with Crippen molar-refractivity contribution in [3.05, 3.63) is 76.8 Å². The first-order valence-electron chi connectivity index (χ1n) is 11.4. The van der Waals surface area contributed by atoms with E-state index >= 15 is 0 Å². The van der Waals surface area contributed by atoms with Crippen LogP contribution in [0.2, 0.25) is 0 Å². The van der Waals surface area contributed by atoms with E-state index in [0.29, 0.717) is 6.54 Å². The van der Waals surface area contributed by atoms with Gasteiger partial charge in [-0.3, -0.25) is 9.69 Å². The molecule has 2 aromatic carbocycles. The summed E-state index contributed by atoms with van der Waals surface area (Å²) in [6.45, 7) is 5.05. The first kappa shape index (κ1) is 21.3. The molecule has 3 aromatic rings. The highest BCUT2D eigenvalue weighted by Gasteiger charge is 2.32. The minimum atomic E-state index is -0.0721. The van der Waals surface area contributed by atoms with E-state index in [4.69, 9.17) is 9.72 Å². The van der Waals surface area contributed by atoms with Crippen LogP contribution in [0.3, 0.4) is 0 Å². The zero-order valence-electron chi connectivity index (χ0n) is 18.2. The topological polar surface area (TPSA) is 54.5 Å². The van der Waals surface area contributed by atoms with Gasteiger partial charge in [-0.05, 0) is 36.1 Å². The molecule has 0 radical (unpaired) electrons. The molecule has 0 saturated carbocycles. The molecule has 6 heteroatoms. The van der Waals surface area contributed by atoms with Crippen LogP contribution in [0.1, 0.15) is 34.9 Å². The number of carbonyl (C=O) groups is 1. The van der Waals surface area contributed by atoms with Crippen LogP contribution < -0.4 is 5.32 Å². The molecule has 1 fully saturated rings. The van der Waals surface area contributed by atoms with Crippen molar-refractivity contribution in [2.45, 2.75) is 31.8 Å². The van der Waals surface area contributed by atoms with Crippen molar-refractivity contribution < 1.29 is 9.53 Å². The average Bonchev–Trinajstić information content (AvgIpc) is 3.28. The summed E-state index contributed by atoms with van der Waals surface area (Å²) in [6.07, 6.45) is 5.96. The summed E-state index contributed by atoms with van der Waals surface area (Å²) in [7, 11) is 0. The molecule has 1 aliphatic heterocycles. The Morgan fingerprint density at radius 3 is 2.75 bits per heavy atom. The fourth-order valence-corrected chi connectivity index (χ4v) is 5.75. The first-order valence-corrected chi connectivity index (χ1v) is 12.2. The Bertz CT molecular complexity index is 1070. The number of nitrogens with one attached hydrogen (secondary N) is 1. The van der Waals surface area contributed by atoms with Crippen LogP contribution in [-0.4, -0.2) is 42.1 Å². The summed E-state index contributed by atoms with van der Waals surface area (Å²) in [5.41, 5.74) is 3.46. The third-order valence-corrected chi connectivity index (χ3v) is 7.53. The predicted octanol–water partition coefficient (Wildman–Crippen LogP) is 4.49. The van der Waals surface area contributed by atoms with E-state index in [1.54, 1.807) is 11.3 Å². The molecule has 166 valence electrons. The van der Waals surface area contributed by atoms with E-state index in [9.17, 15) is 4.79 Å². The van der Waals surface area contributed by atoms with Crippen molar-refractivity contribution >= 4 is 27.5 Å². The summed E-state index contributed by atoms with van der Waals surface area (Å²) >= 11 is 1.72. The van der Waals surface area contributed by atoms with Crippen LogP contribution >= 0.6 is 11.3 Å². The number of thiazole rings is 1. The molecule has 5 rings (SSSR count). The molecule has 1 amide bonds. The molecule has 5 nitrogen and oxygen atoms in total. The van der Waals surface area contributed by atoms with Gasteiger partial charge in [0.2, 0.25) is 5.91 Å². The molecule has 2 heterocycles. The second kappa shape index (κ2) is 9.94. The molecule has 32 heavy (non-hydrogen) atoms. The van der Waals surface area contributed by atoms with Crippen molar-refractivity contribution in [3.8, 4) is 0 Å². The maximum absolute atomic E-state index is 13.2. The summed E-state index contributed by atoms with van der Waals surface area (Å²) in [6, 6.07) is 16.8. The van der Waals surface area contributed by atoms with Gasteiger partial charge in [0.25, 0.3) is 0 Å². The summed E-state index contributed by atoms with van der Waals surface area (Å²) in [4.78, 5) is 20.4. The second-order valence-corrected chi connectivity index (χ2v) is 9.66. The number of para-hydroxylation sites is 1. The first-order chi connectivity index (χ1) is 15.8. The van der Waals surface area contributed by atoms with Crippen molar-refractivity contribution in [1.29, 1.82) is 0 Å². The highest BCUT2D eigenvalue weighted by Crippen LogP contribution is 2.38. The number of hydrogen-bond acceptors (Lipinski definition) is 5. The highest BCUT2D eigenvalue weighted by atomic mass is 32.1. The minimum absolute atomic E-state index is 0.0721. The van der Waals surface area contributed by atoms with Gasteiger partial charge < -0.3 is 10.1 Å². The maximum atomic E-state index is 13.2. The highest BCUT2D eigenvalue weighted by molar-refractivity contribution is 7.18. The lowest BCUT2D eigenvalue weighted by atomic mass is 9.82. The molecule has 1 aliphatic carbocycles. The van der Waals surface area contributed by atoms with Crippen LogP contribution in [0.4, 0.5) is 0 Å². The molecule has 2 atom stereocenters. The van der Waals surface area contributed by atoms with Crippen LogP contribution in [0.25, 0.3) is 10.2 Å². The van der Waals surface area contributed by atoms with Gasteiger partial charge in [-0.1, -0.05) is 48.6 Å². The number of rotatable bonds is 6. The van der Waals surface area contributed by atoms with Crippen molar-refractivity contribution in [3.63, 3.8) is 0 Å². The largest absolute Gasteiger partial charge is 0.379 e. The Hall–Kier alpha value is -2.54. The Labute approximate surface area is 193 Å². The average molecular weight is 448 g/mol. The molecule has 1 saturated heterocycles. The molecule has 1 aromatic heterocycles. The molecule has 1 N–H and O–H groups in total. The van der Waals surface area contributed by atoms with E-state index in [2.05, 4.69) is 52.7 Å². The van der Waals surface area contributed by atoms with Crippen LogP contribution in [0, 0.1) is 5.92 Å².